The van der Waals surface area contributed by atoms with Gasteiger partial charge in [-0.1, -0.05) is 150 Å². The lowest BCUT2D eigenvalue weighted by atomic mass is 9.98. The Morgan fingerprint density at radius 3 is 1.86 bits per heavy atom. The lowest BCUT2D eigenvalue weighted by Crippen LogP contribution is -2.28. The monoisotopic (exact) mass is 473 g/mol. The molecule has 0 radical (unpaired) electrons. The van der Waals surface area contributed by atoms with E-state index in [1.54, 1.807) is 0 Å². The molecule has 2 aromatic rings. The first kappa shape index (κ1) is 28.7. The number of hydrogen-bond acceptors (Lipinski definition) is 1. The number of aryl methyl sites for hydroxylation is 1. The molecule has 0 aliphatic heterocycles. The predicted molar refractivity (Wildman–Crippen MR) is 150 cm³/mol. The van der Waals surface area contributed by atoms with Crippen molar-refractivity contribution in [1.82, 2.24) is 5.32 Å². The van der Waals surface area contributed by atoms with Crippen LogP contribution in [0.15, 0.2) is 54.6 Å². The van der Waals surface area contributed by atoms with Crippen molar-refractivity contribution in [2.45, 2.75) is 116 Å². The van der Waals surface area contributed by atoms with Crippen LogP contribution in [-0.2, 0) is 11.2 Å². The molecule has 0 aromatic heterocycles. The lowest BCUT2D eigenvalue weighted by Gasteiger charge is -2.18. The van der Waals surface area contributed by atoms with Gasteiger partial charge in [0.25, 0.3) is 5.91 Å². The number of hydrogen-bond donors (Lipinski definition) is 1. The van der Waals surface area contributed by atoms with E-state index in [-0.39, 0.29) is 11.9 Å². The van der Waals surface area contributed by atoms with E-state index in [4.69, 9.17) is 0 Å². The molecule has 2 nitrogen and oxygen atoms in total. The van der Waals surface area contributed by atoms with Gasteiger partial charge in [-0.05, 0) is 36.8 Å². The van der Waals surface area contributed by atoms with E-state index in [9.17, 15) is 4.79 Å². The van der Waals surface area contributed by atoms with Gasteiger partial charge in [0, 0.05) is 6.42 Å². The normalized spacial score (nSPS) is 11.5. The maximum absolute atomic E-state index is 12.5. The molecule has 0 saturated heterocycles. The zero-order chi connectivity index (χ0) is 25.0. The molecule has 2 heteroatoms. The molecule has 1 unspecified atom stereocenters. The van der Waals surface area contributed by atoms with Gasteiger partial charge in [-0.25, -0.2) is 0 Å². The zero-order valence-corrected chi connectivity index (χ0v) is 22.3. The van der Waals surface area contributed by atoms with E-state index >= 15 is 0 Å². The molecule has 1 atom stereocenters. The summed E-state index contributed by atoms with van der Waals surface area (Å²) < 4.78 is 0. The molecule has 2 aromatic carbocycles. The van der Waals surface area contributed by atoms with Crippen molar-refractivity contribution >= 4 is 5.91 Å². The minimum absolute atomic E-state index is 0.0722. The Labute approximate surface area is 215 Å². The van der Waals surface area contributed by atoms with Crippen molar-refractivity contribution in [2.75, 3.05) is 0 Å². The number of benzene rings is 2. The average molecular weight is 474 g/mol. The van der Waals surface area contributed by atoms with Crippen LogP contribution in [-0.4, -0.2) is 5.91 Å². The second-order valence-corrected chi connectivity index (χ2v) is 9.92. The zero-order valence-electron chi connectivity index (χ0n) is 22.3. The quantitative estimate of drug-likeness (QED) is 0.180. The molecule has 0 fully saturated rings. The van der Waals surface area contributed by atoms with Gasteiger partial charge in [-0.2, -0.15) is 0 Å². The van der Waals surface area contributed by atoms with Gasteiger partial charge in [0.15, 0.2) is 0 Å². The highest BCUT2D eigenvalue weighted by Crippen LogP contribution is 2.19. The Hall–Kier alpha value is -2.53. The molecule has 0 aliphatic rings. The smallest absolute Gasteiger partial charge is 0.296 e. The summed E-state index contributed by atoms with van der Waals surface area (Å²) in [4.78, 5) is 12.5. The molecule has 0 spiro atoms. The summed E-state index contributed by atoms with van der Waals surface area (Å²) in [5.41, 5.74) is 3.57. The maximum Gasteiger partial charge on any atom is 0.296 e. The first-order chi connectivity index (χ1) is 17.2. The predicted octanol–water partition coefficient (Wildman–Crippen LogP) is 8.88. The average Bonchev–Trinajstić information content (AvgIpc) is 2.88. The summed E-state index contributed by atoms with van der Waals surface area (Å²) in [5, 5.41) is 3.13. The van der Waals surface area contributed by atoms with Gasteiger partial charge in [0.2, 0.25) is 0 Å². The fourth-order valence-electron chi connectivity index (χ4n) is 4.47. The van der Waals surface area contributed by atoms with Crippen molar-refractivity contribution in [3.63, 3.8) is 0 Å². The van der Waals surface area contributed by atoms with E-state index in [1.165, 1.54) is 88.2 Å². The molecule has 0 bridgehead atoms. The number of carbonyl (C=O) groups is 1. The van der Waals surface area contributed by atoms with E-state index in [2.05, 4.69) is 67.4 Å². The van der Waals surface area contributed by atoms with Crippen LogP contribution in [0.1, 0.15) is 120 Å². The highest BCUT2D eigenvalue weighted by molar-refractivity contribution is 5.93. The van der Waals surface area contributed by atoms with E-state index in [1.807, 2.05) is 18.2 Å². The molecule has 2 rings (SSSR count). The van der Waals surface area contributed by atoms with Gasteiger partial charge in [-0.3, -0.25) is 4.79 Å². The second-order valence-electron chi connectivity index (χ2n) is 9.92. The van der Waals surface area contributed by atoms with Gasteiger partial charge in [0.1, 0.15) is 0 Å². The summed E-state index contributed by atoms with van der Waals surface area (Å²) in [5.74, 6) is 5.73. The van der Waals surface area contributed by atoms with Crippen LogP contribution in [0.5, 0.6) is 0 Å². The van der Waals surface area contributed by atoms with Crippen LogP contribution in [0.2, 0.25) is 0 Å². The van der Waals surface area contributed by atoms with Crippen LogP contribution < -0.4 is 5.32 Å². The van der Waals surface area contributed by atoms with Crippen molar-refractivity contribution in [2.24, 2.45) is 0 Å². The molecular formula is C33H47NO. The Kier molecular flexibility index (Phi) is 15.4. The van der Waals surface area contributed by atoms with Crippen LogP contribution in [0.3, 0.4) is 0 Å². The van der Waals surface area contributed by atoms with Crippen LogP contribution in [0, 0.1) is 18.8 Å². The molecule has 0 heterocycles. The highest BCUT2D eigenvalue weighted by atomic mass is 16.1. The summed E-state index contributed by atoms with van der Waals surface area (Å²) in [6.45, 7) is 4.37. The molecular weight excluding hydrogens is 426 g/mol. The topological polar surface area (TPSA) is 29.1 Å². The molecule has 0 aliphatic carbocycles. The van der Waals surface area contributed by atoms with E-state index in [0.29, 0.717) is 0 Å². The minimum Gasteiger partial charge on any atom is -0.338 e. The van der Waals surface area contributed by atoms with Crippen LogP contribution in [0.25, 0.3) is 0 Å². The van der Waals surface area contributed by atoms with Crippen LogP contribution in [0.4, 0.5) is 0 Å². The van der Waals surface area contributed by atoms with Gasteiger partial charge < -0.3 is 5.32 Å². The third-order valence-corrected chi connectivity index (χ3v) is 6.67. The number of unbranched alkanes of at least 4 members (excludes halogenated alkanes) is 13. The molecule has 190 valence electrons. The first-order valence-electron chi connectivity index (χ1n) is 14.1. The Balaban J connectivity index is 1.60. The number of rotatable bonds is 17. The van der Waals surface area contributed by atoms with Crippen molar-refractivity contribution in [3.05, 3.63) is 71.3 Å². The Morgan fingerprint density at radius 1 is 0.743 bits per heavy atom. The first-order valence-corrected chi connectivity index (χ1v) is 14.1. The van der Waals surface area contributed by atoms with Crippen molar-refractivity contribution in [3.8, 4) is 11.8 Å². The number of amides is 1. The summed E-state index contributed by atoms with van der Waals surface area (Å²) in [6.07, 6.45) is 19.1. The third kappa shape index (κ3) is 13.8. The third-order valence-electron chi connectivity index (χ3n) is 6.67. The summed E-state index contributed by atoms with van der Waals surface area (Å²) >= 11 is 0. The largest absolute Gasteiger partial charge is 0.338 e. The standard InChI is InChI=1S/C33H47NO/c1-3-4-5-6-7-8-9-10-11-12-13-14-15-16-20-23-33(35)34-32(31-21-18-17-19-22-31)28-30-26-24-29(2)25-27-30/h17-19,21-22,24-27,32H,3-16,28H2,1-2H3,(H,34,35). The second kappa shape index (κ2) is 18.8. The van der Waals surface area contributed by atoms with Gasteiger partial charge in [0.05, 0.1) is 6.04 Å². The minimum atomic E-state index is -0.180. The molecule has 35 heavy (non-hydrogen) atoms. The fraction of sp³-hybridized carbons (Fsp3) is 0.545. The number of nitrogens with one attached hydrogen (secondary N) is 1. The van der Waals surface area contributed by atoms with Gasteiger partial charge in [-0.15, -0.1) is 0 Å². The highest BCUT2D eigenvalue weighted by Gasteiger charge is 2.14. The molecule has 1 amide bonds. The summed E-state index contributed by atoms with van der Waals surface area (Å²) in [6, 6.07) is 18.6. The molecule has 0 saturated carbocycles. The Bertz CT molecular complexity index is 859. The number of carbonyl (C=O) groups excluding carboxylic acids is 1. The maximum atomic E-state index is 12.5. The fourth-order valence-corrected chi connectivity index (χ4v) is 4.47. The van der Waals surface area contributed by atoms with Crippen molar-refractivity contribution in [1.29, 1.82) is 0 Å². The van der Waals surface area contributed by atoms with Crippen molar-refractivity contribution < 1.29 is 4.79 Å². The van der Waals surface area contributed by atoms with Crippen LogP contribution >= 0.6 is 0 Å². The van der Waals surface area contributed by atoms with Gasteiger partial charge >= 0.3 is 0 Å². The Morgan fingerprint density at radius 2 is 1.29 bits per heavy atom. The summed E-state index contributed by atoms with van der Waals surface area (Å²) in [7, 11) is 0. The van der Waals surface area contributed by atoms with E-state index in [0.717, 1.165) is 24.8 Å². The van der Waals surface area contributed by atoms with E-state index < -0.39 is 0 Å². The molecule has 1 N–H and O–H groups in total. The lowest BCUT2D eigenvalue weighted by molar-refractivity contribution is -0.116. The SMILES string of the molecule is CCCCCCCCCCCCCCCC#CC(=O)NC(Cc1ccc(C)cc1)c1ccccc1.